The van der Waals surface area contributed by atoms with Crippen LogP contribution in [-0.2, 0) is 16.2 Å². The molecule has 0 heterocycles. The summed E-state index contributed by atoms with van der Waals surface area (Å²) in [5.41, 5.74) is 4.40. The molecule has 0 spiro atoms. The minimum absolute atomic E-state index is 0.0693. The third-order valence-electron chi connectivity index (χ3n) is 5.19. The third kappa shape index (κ3) is 6.33. The van der Waals surface area contributed by atoms with E-state index in [-0.39, 0.29) is 12.7 Å². The van der Waals surface area contributed by atoms with E-state index in [1.165, 1.54) is 0 Å². The van der Waals surface area contributed by atoms with Gasteiger partial charge in [0.05, 0.1) is 5.71 Å². The first-order chi connectivity index (χ1) is 16.7. The first-order valence-electron chi connectivity index (χ1n) is 11.0. The largest absolute Gasteiger partial charge is 0.535 e. The molecule has 4 rings (SSSR count). The highest BCUT2D eigenvalue weighted by Gasteiger charge is 2.16. The van der Waals surface area contributed by atoms with Gasteiger partial charge >= 0.3 is 6.16 Å². The Bertz CT molecular complexity index is 1170. The van der Waals surface area contributed by atoms with E-state index in [0.717, 1.165) is 22.3 Å². The van der Waals surface area contributed by atoms with Crippen molar-refractivity contribution in [1.29, 1.82) is 0 Å². The fraction of sp³-hybridized carbons (Fsp3) is 0.103. The number of ether oxygens (including phenoxy) is 2. The van der Waals surface area contributed by atoms with Gasteiger partial charge in [0.15, 0.2) is 0 Å². The predicted octanol–water partition coefficient (Wildman–Crippen LogP) is 6.93. The van der Waals surface area contributed by atoms with E-state index in [4.69, 9.17) is 14.3 Å². The van der Waals surface area contributed by atoms with Gasteiger partial charge in [0.1, 0.15) is 18.5 Å². The number of benzene rings is 4. The molecule has 5 heteroatoms. The molecule has 0 aromatic heterocycles. The normalized spacial score (nSPS) is 11.2. The van der Waals surface area contributed by atoms with Crippen LogP contribution in [0.3, 0.4) is 0 Å². The highest BCUT2D eigenvalue weighted by atomic mass is 16.8. The molecular weight excluding hydrogens is 426 g/mol. The highest BCUT2D eigenvalue weighted by Crippen LogP contribution is 2.28. The Hall–Kier alpha value is -4.38. The van der Waals surface area contributed by atoms with Crippen molar-refractivity contribution in [2.24, 2.45) is 5.16 Å². The minimum Gasteiger partial charge on any atom is -0.481 e. The number of nitrogens with zero attached hydrogens (tertiary/aromatic N) is 1. The van der Waals surface area contributed by atoms with Crippen molar-refractivity contribution < 1.29 is 19.1 Å². The topological polar surface area (TPSA) is 57.1 Å². The second kappa shape index (κ2) is 11.5. The van der Waals surface area contributed by atoms with Crippen molar-refractivity contribution in [3.63, 3.8) is 0 Å². The number of carbonyl (C=O) groups is 1. The van der Waals surface area contributed by atoms with Crippen molar-refractivity contribution in [1.82, 2.24) is 0 Å². The summed E-state index contributed by atoms with van der Waals surface area (Å²) in [6.45, 7) is 1.83. The van der Waals surface area contributed by atoms with Gasteiger partial charge in [-0.25, -0.2) is 4.79 Å². The van der Waals surface area contributed by atoms with Gasteiger partial charge < -0.3 is 9.47 Å². The van der Waals surface area contributed by atoms with E-state index in [2.05, 4.69) is 5.16 Å². The third-order valence-corrected chi connectivity index (χ3v) is 5.19. The zero-order valence-electron chi connectivity index (χ0n) is 18.8. The van der Waals surface area contributed by atoms with Crippen LogP contribution in [0.4, 0.5) is 4.79 Å². The minimum atomic E-state index is -0.858. The molecule has 0 radical (unpaired) electrons. The summed E-state index contributed by atoms with van der Waals surface area (Å²) in [7, 11) is 0. The van der Waals surface area contributed by atoms with Crippen LogP contribution in [0.25, 0.3) is 0 Å². The van der Waals surface area contributed by atoms with E-state index in [0.29, 0.717) is 11.5 Å². The van der Waals surface area contributed by atoms with Crippen LogP contribution in [-0.4, -0.2) is 11.9 Å². The van der Waals surface area contributed by atoms with Crippen LogP contribution in [0.15, 0.2) is 120 Å². The molecule has 0 atom stereocenters. The second-order valence-corrected chi connectivity index (χ2v) is 7.64. The van der Waals surface area contributed by atoms with Gasteiger partial charge in [-0.05, 0) is 41.3 Å². The Morgan fingerprint density at radius 1 is 0.735 bits per heavy atom. The van der Waals surface area contributed by atoms with Crippen LogP contribution >= 0.6 is 0 Å². The maximum atomic E-state index is 11.9. The van der Waals surface area contributed by atoms with Crippen LogP contribution < -0.4 is 4.74 Å². The van der Waals surface area contributed by atoms with E-state index in [1.54, 1.807) is 6.92 Å². The Kier molecular flexibility index (Phi) is 7.70. The number of carbonyl (C=O) groups excluding carboxylic acids is 1. The zero-order valence-corrected chi connectivity index (χ0v) is 18.8. The smallest absolute Gasteiger partial charge is 0.481 e. The molecule has 0 fully saturated rings. The molecule has 0 aliphatic carbocycles. The maximum Gasteiger partial charge on any atom is 0.535 e. The molecule has 170 valence electrons. The lowest BCUT2D eigenvalue weighted by Gasteiger charge is -2.20. The average molecular weight is 452 g/mol. The average Bonchev–Trinajstić information content (AvgIpc) is 2.91. The van der Waals surface area contributed by atoms with Crippen molar-refractivity contribution in [3.05, 3.63) is 138 Å². The van der Waals surface area contributed by atoms with Crippen LogP contribution in [0.1, 0.15) is 35.3 Å². The van der Waals surface area contributed by atoms with E-state index < -0.39 is 6.16 Å². The lowest BCUT2D eigenvalue weighted by atomic mass is 10.0. The molecule has 4 aromatic carbocycles. The summed E-state index contributed by atoms with van der Waals surface area (Å²) in [6.07, 6.45) is -1.09. The van der Waals surface area contributed by atoms with Gasteiger partial charge in [0.25, 0.3) is 0 Å². The monoisotopic (exact) mass is 451 g/mol. The van der Waals surface area contributed by atoms with E-state index in [1.807, 2.05) is 115 Å². The summed E-state index contributed by atoms with van der Waals surface area (Å²) in [5, 5.41) is 3.83. The van der Waals surface area contributed by atoms with Crippen LogP contribution in [0.2, 0.25) is 0 Å². The predicted molar refractivity (Wildman–Crippen MR) is 132 cm³/mol. The Morgan fingerprint density at radius 2 is 1.26 bits per heavy atom. The molecule has 5 nitrogen and oxygen atoms in total. The van der Waals surface area contributed by atoms with Crippen molar-refractivity contribution in [2.45, 2.75) is 19.6 Å². The summed E-state index contributed by atoms with van der Waals surface area (Å²) < 4.78 is 11.5. The summed E-state index contributed by atoms with van der Waals surface area (Å²) in [6, 6.07) is 37.1. The molecule has 4 aromatic rings. The summed E-state index contributed by atoms with van der Waals surface area (Å²) >= 11 is 0. The van der Waals surface area contributed by atoms with Gasteiger partial charge in [0, 0.05) is 0 Å². The SMILES string of the molecule is C/C(=N\OC(=O)OCc1ccc(OC(c2ccccc2)c2ccccc2)cc1)c1ccccc1. The van der Waals surface area contributed by atoms with Crippen molar-refractivity contribution in [2.75, 3.05) is 0 Å². The first-order valence-corrected chi connectivity index (χ1v) is 11.0. The Morgan fingerprint density at radius 3 is 1.82 bits per heavy atom. The molecule has 34 heavy (non-hydrogen) atoms. The molecular formula is C29H25NO4. The fourth-order valence-electron chi connectivity index (χ4n) is 3.39. The molecule has 0 aliphatic rings. The van der Waals surface area contributed by atoms with Gasteiger partial charge in [-0.3, -0.25) is 4.84 Å². The quantitative estimate of drug-likeness (QED) is 0.126. The van der Waals surface area contributed by atoms with Crippen molar-refractivity contribution in [3.8, 4) is 5.75 Å². The fourth-order valence-corrected chi connectivity index (χ4v) is 3.39. The molecule has 0 aliphatic heterocycles. The molecule has 0 unspecified atom stereocenters. The first kappa shape index (κ1) is 22.8. The lowest BCUT2D eigenvalue weighted by molar-refractivity contribution is 0.0519. The standard InChI is InChI=1S/C29H25NO4/c1-22(24-11-5-2-6-12-24)30-34-29(31)32-21-23-17-19-27(20-18-23)33-28(25-13-7-3-8-14-25)26-15-9-4-10-16-26/h2-20,28H,21H2,1H3/b30-22+. The lowest BCUT2D eigenvalue weighted by Crippen LogP contribution is -2.09. The molecule has 0 saturated heterocycles. The molecule has 0 bridgehead atoms. The molecule has 0 amide bonds. The second-order valence-electron chi connectivity index (χ2n) is 7.64. The van der Waals surface area contributed by atoms with Crippen LogP contribution in [0.5, 0.6) is 5.75 Å². The van der Waals surface area contributed by atoms with Gasteiger partial charge in [0.2, 0.25) is 0 Å². The molecule has 0 saturated carbocycles. The molecule has 0 N–H and O–H groups in total. The van der Waals surface area contributed by atoms with Crippen LogP contribution in [0, 0.1) is 0 Å². The van der Waals surface area contributed by atoms with Gasteiger partial charge in [-0.15, -0.1) is 0 Å². The summed E-state index contributed by atoms with van der Waals surface area (Å²) in [4.78, 5) is 16.8. The van der Waals surface area contributed by atoms with Gasteiger partial charge in [-0.2, -0.15) is 0 Å². The van der Waals surface area contributed by atoms with E-state index >= 15 is 0 Å². The number of rotatable bonds is 8. The highest BCUT2D eigenvalue weighted by molar-refractivity contribution is 5.98. The number of oxime groups is 1. The van der Waals surface area contributed by atoms with E-state index in [9.17, 15) is 4.79 Å². The Labute approximate surface area is 199 Å². The maximum absolute atomic E-state index is 11.9. The zero-order chi connectivity index (χ0) is 23.6. The Balaban J connectivity index is 1.35. The van der Waals surface area contributed by atoms with Gasteiger partial charge in [-0.1, -0.05) is 108 Å². The summed E-state index contributed by atoms with van der Waals surface area (Å²) in [5.74, 6) is 0.715. The number of hydrogen-bond donors (Lipinski definition) is 0. The van der Waals surface area contributed by atoms with Crippen molar-refractivity contribution >= 4 is 11.9 Å². The number of hydrogen-bond acceptors (Lipinski definition) is 5.